The lowest BCUT2D eigenvalue weighted by Gasteiger charge is -2.65. The molecule has 0 aromatic carbocycles. The van der Waals surface area contributed by atoms with Gasteiger partial charge in [-0.3, -0.25) is 0 Å². The van der Waals surface area contributed by atoms with Crippen molar-refractivity contribution < 1.29 is 43.5 Å². The van der Waals surface area contributed by atoms with Crippen molar-refractivity contribution in [2.24, 2.45) is 28.6 Å². The van der Waals surface area contributed by atoms with Crippen molar-refractivity contribution in [3.8, 4) is 0 Å². The third kappa shape index (κ3) is 3.66. The van der Waals surface area contributed by atoms with Crippen molar-refractivity contribution in [3.05, 3.63) is 11.6 Å². The first kappa shape index (κ1) is 26.5. The Balaban J connectivity index is 1.12. The molecule has 3 aliphatic heterocycles. The van der Waals surface area contributed by atoms with Crippen LogP contribution in [0.15, 0.2) is 11.6 Å². The van der Waals surface area contributed by atoms with E-state index < -0.39 is 22.9 Å². The van der Waals surface area contributed by atoms with Crippen molar-refractivity contribution in [2.45, 2.75) is 120 Å². The van der Waals surface area contributed by atoms with E-state index in [1.165, 1.54) is 0 Å². The van der Waals surface area contributed by atoms with Gasteiger partial charge in [-0.1, -0.05) is 6.92 Å². The molecule has 9 nitrogen and oxygen atoms in total. The second-order valence-corrected chi connectivity index (χ2v) is 13.7. The van der Waals surface area contributed by atoms with Gasteiger partial charge < -0.3 is 38.7 Å². The van der Waals surface area contributed by atoms with Gasteiger partial charge in [0, 0.05) is 24.3 Å². The second kappa shape index (κ2) is 9.07. The van der Waals surface area contributed by atoms with Crippen LogP contribution >= 0.6 is 0 Å². The third-order valence-corrected chi connectivity index (χ3v) is 12.3. The summed E-state index contributed by atoms with van der Waals surface area (Å²) in [4.78, 5) is 24.9. The van der Waals surface area contributed by atoms with Gasteiger partial charge >= 0.3 is 5.97 Å². The standard InChI is InChI=1S/C30H42O9/c1-17-11-23-25(37-16-36-23)26(38-17)39-19-3-8-28(15-31)21-4-7-27(2)20(18-12-24(32)35-14-18)6-10-30(27,34)22(21)5-9-29(28,33)13-19/h12,15,17,19-23,25-26,33-34H,3-11,13-14,16H2,1-2H3/t17-,19+,20-,21+,22-,23+,25+,26-,27-,28+,29+,30+/m1/s1. The summed E-state index contributed by atoms with van der Waals surface area (Å²) in [6.07, 6.45) is 7.88. The van der Waals surface area contributed by atoms with Crippen LogP contribution in [-0.4, -0.2) is 77.8 Å². The Kier molecular flexibility index (Phi) is 6.17. The number of rotatable bonds is 4. The number of esters is 1. The fraction of sp³-hybridized carbons (Fsp3) is 0.867. The summed E-state index contributed by atoms with van der Waals surface area (Å²) in [6.45, 7) is 4.72. The van der Waals surface area contributed by atoms with Crippen LogP contribution in [0.5, 0.6) is 0 Å². The Hall–Kier alpha value is -1.36. The fourth-order valence-electron chi connectivity index (χ4n) is 10.3. The van der Waals surface area contributed by atoms with Gasteiger partial charge in [-0.15, -0.1) is 0 Å². The van der Waals surface area contributed by atoms with Gasteiger partial charge in [0.05, 0.1) is 34.9 Å². The zero-order valence-electron chi connectivity index (χ0n) is 23.0. The van der Waals surface area contributed by atoms with E-state index in [0.717, 1.165) is 37.5 Å². The molecular formula is C30H42O9. The minimum atomic E-state index is -1.19. The molecule has 7 aliphatic rings. The van der Waals surface area contributed by atoms with Crippen molar-refractivity contribution in [1.29, 1.82) is 0 Å². The molecule has 3 heterocycles. The number of fused-ring (bicyclic) bond motifs is 6. The number of carbonyl (C=O) groups excluding carboxylic acids is 2. The normalized spacial score (nSPS) is 54.7. The van der Waals surface area contributed by atoms with E-state index in [9.17, 15) is 19.8 Å². The maximum atomic E-state index is 13.0. The number of aliphatic hydroxyl groups is 2. The number of ether oxygens (including phenoxy) is 5. The molecule has 0 spiro atoms. The van der Waals surface area contributed by atoms with E-state index in [0.29, 0.717) is 45.1 Å². The van der Waals surface area contributed by atoms with Gasteiger partial charge in [-0.25, -0.2) is 4.79 Å². The monoisotopic (exact) mass is 546 g/mol. The molecule has 0 radical (unpaired) electrons. The molecule has 12 atom stereocenters. The van der Waals surface area contributed by atoms with Crippen LogP contribution in [-0.2, 0) is 33.3 Å². The predicted octanol–water partition coefficient (Wildman–Crippen LogP) is 2.80. The molecule has 39 heavy (non-hydrogen) atoms. The topological polar surface area (TPSA) is 121 Å². The number of hydrogen-bond acceptors (Lipinski definition) is 9. The number of hydrogen-bond donors (Lipinski definition) is 2. The minimum absolute atomic E-state index is 0.00802. The molecule has 4 saturated carbocycles. The Morgan fingerprint density at radius 3 is 2.64 bits per heavy atom. The fourth-order valence-corrected chi connectivity index (χ4v) is 10.3. The summed E-state index contributed by atoms with van der Waals surface area (Å²) in [6, 6.07) is 0. The van der Waals surface area contributed by atoms with E-state index in [-0.39, 0.29) is 60.3 Å². The number of aldehydes is 1. The van der Waals surface area contributed by atoms with Crippen LogP contribution in [0.4, 0.5) is 0 Å². The highest BCUT2D eigenvalue weighted by Crippen LogP contribution is 2.70. The number of carbonyl (C=O) groups is 2. The smallest absolute Gasteiger partial charge is 0.331 e. The van der Waals surface area contributed by atoms with Crippen molar-refractivity contribution >= 4 is 12.3 Å². The Bertz CT molecular complexity index is 1060. The lowest BCUT2D eigenvalue weighted by Crippen LogP contribution is -2.69. The molecule has 0 aromatic rings. The Morgan fingerprint density at radius 1 is 1.05 bits per heavy atom. The van der Waals surface area contributed by atoms with Crippen molar-refractivity contribution in [1.82, 2.24) is 0 Å². The SMILES string of the molecule is C[C@@H]1C[C@@H]2OCO[C@@H]2[C@@H](O[C@H]2CC[C@]3(C=O)[C@H]4CC[C@]5(C)[C@@H](C6=CC(=O)OC6)CC[C@]5(O)[C@@H]4CC[C@]3(O)C2)O1. The van der Waals surface area contributed by atoms with E-state index in [1.807, 2.05) is 6.92 Å². The number of cyclic esters (lactones) is 1. The third-order valence-electron chi connectivity index (χ3n) is 12.3. The highest BCUT2D eigenvalue weighted by Gasteiger charge is 2.71. The average Bonchev–Trinajstić information content (AvgIpc) is 3.61. The molecule has 0 unspecified atom stereocenters. The lowest BCUT2D eigenvalue weighted by molar-refractivity contribution is -0.287. The van der Waals surface area contributed by atoms with Crippen LogP contribution in [0.25, 0.3) is 0 Å². The summed E-state index contributed by atoms with van der Waals surface area (Å²) < 4.78 is 29.2. The molecule has 7 rings (SSSR count). The van der Waals surface area contributed by atoms with Gasteiger partial charge in [0.15, 0.2) is 6.29 Å². The highest BCUT2D eigenvalue weighted by molar-refractivity contribution is 5.85. The van der Waals surface area contributed by atoms with Crippen LogP contribution < -0.4 is 0 Å². The van der Waals surface area contributed by atoms with Crippen LogP contribution in [0, 0.1) is 28.6 Å². The molecule has 0 amide bonds. The summed E-state index contributed by atoms with van der Waals surface area (Å²) in [7, 11) is 0. The molecule has 2 saturated heterocycles. The minimum Gasteiger partial charge on any atom is -0.458 e. The molecule has 0 bridgehead atoms. The Labute approximate surface area is 229 Å². The molecule has 0 aromatic heterocycles. The van der Waals surface area contributed by atoms with Gasteiger partial charge in [0.1, 0.15) is 25.8 Å². The summed E-state index contributed by atoms with van der Waals surface area (Å²) in [5.74, 6) is -0.371. The van der Waals surface area contributed by atoms with E-state index in [4.69, 9.17) is 23.7 Å². The van der Waals surface area contributed by atoms with Crippen molar-refractivity contribution in [2.75, 3.05) is 13.4 Å². The quantitative estimate of drug-likeness (QED) is 0.312. The highest BCUT2D eigenvalue weighted by atomic mass is 16.8. The summed E-state index contributed by atoms with van der Waals surface area (Å²) in [5, 5.41) is 24.6. The molecule has 4 aliphatic carbocycles. The maximum Gasteiger partial charge on any atom is 0.331 e. The van der Waals surface area contributed by atoms with Crippen LogP contribution in [0.2, 0.25) is 0 Å². The van der Waals surface area contributed by atoms with Gasteiger partial charge in [-0.2, -0.15) is 0 Å². The first-order valence-electron chi connectivity index (χ1n) is 14.9. The average molecular weight is 547 g/mol. The molecular weight excluding hydrogens is 504 g/mol. The maximum absolute atomic E-state index is 13.0. The summed E-state index contributed by atoms with van der Waals surface area (Å²) >= 11 is 0. The predicted molar refractivity (Wildman–Crippen MR) is 136 cm³/mol. The van der Waals surface area contributed by atoms with Crippen LogP contribution in [0.3, 0.4) is 0 Å². The summed E-state index contributed by atoms with van der Waals surface area (Å²) in [5.41, 5.74) is -2.44. The molecule has 6 fully saturated rings. The van der Waals surface area contributed by atoms with Gasteiger partial charge in [-0.05, 0) is 81.6 Å². The zero-order valence-corrected chi connectivity index (χ0v) is 23.0. The molecule has 2 N–H and O–H groups in total. The Morgan fingerprint density at radius 2 is 1.87 bits per heavy atom. The van der Waals surface area contributed by atoms with Gasteiger partial charge in [0.25, 0.3) is 0 Å². The van der Waals surface area contributed by atoms with Crippen LogP contribution in [0.1, 0.15) is 78.1 Å². The second-order valence-electron chi connectivity index (χ2n) is 13.7. The van der Waals surface area contributed by atoms with E-state index >= 15 is 0 Å². The lowest BCUT2D eigenvalue weighted by atomic mass is 9.41. The first-order chi connectivity index (χ1) is 18.6. The van der Waals surface area contributed by atoms with Crippen molar-refractivity contribution in [3.63, 3.8) is 0 Å². The molecule has 216 valence electrons. The van der Waals surface area contributed by atoms with E-state index in [1.54, 1.807) is 6.08 Å². The first-order valence-corrected chi connectivity index (χ1v) is 14.9. The largest absolute Gasteiger partial charge is 0.458 e. The van der Waals surface area contributed by atoms with E-state index in [2.05, 4.69) is 6.92 Å². The van der Waals surface area contributed by atoms with Gasteiger partial charge in [0.2, 0.25) is 0 Å². The zero-order chi connectivity index (χ0) is 27.2. The molecule has 9 heteroatoms.